The van der Waals surface area contributed by atoms with Gasteiger partial charge in [-0.15, -0.1) is 0 Å². The minimum Gasteiger partial charge on any atom is -0.355 e. The van der Waals surface area contributed by atoms with Gasteiger partial charge < -0.3 is 11.1 Å². The number of nitrogens with one attached hydrogen (secondary N) is 1. The summed E-state index contributed by atoms with van der Waals surface area (Å²) in [5.41, 5.74) is 5.56. The predicted molar refractivity (Wildman–Crippen MR) is 69.5 cm³/mol. The maximum atomic E-state index is 11.6. The predicted octanol–water partition coefficient (Wildman–Crippen LogP) is 0.445. The van der Waals surface area contributed by atoms with Crippen molar-refractivity contribution in [1.29, 1.82) is 0 Å². The molecule has 0 heterocycles. The number of sulfone groups is 1. The van der Waals surface area contributed by atoms with Crippen LogP contribution in [-0.2, 0) is 14.6 Å². The Balaban J connectivity index is 3.83. The van der Waals surface area contributed by atoms with Crippen molar-refractivity contribution in [3.05, 3.63) is 0 Å². The molecular weight excluding hydrogens is 240 g/mol. The lowest BCUT2D eigenvalue weighted by atomic mass is 10.2. The molecule has 0 saturated heterocycles. The summed E-state index contributed by atoms with van der Waals surface area (Å²) in [6.07, 6.45) is 2.98. The number of nitrogens with two attached hydrogens (primary N) is 1. The molecule has 0 aromatic heterocycles. The molecule has 1 atom stereocenters. The molecule has 0 saturated carbocycles. The molecule has 3 N–H and O–H groups in total. The zero-order valence-electron chi connectivity index (χ0n) is 10.7. The van der Waals surface area contributed by atoms with Gasteiger partial charge in [-0.05, 0) is 26.2 Å². The van der Waals surface area contributed by atoms with Gasteiger partial charge in [0.1, 0.15) is 5.75 Å². The Hall–Kier alpha value is -0.620. The first-order valence-corrected chi connectivity index (χ1v) is 7.92. The third kappa shape index (κ3) is 10.3. The molecular formula is C11H24N2O3S. The normalized spacial score (nSPS) is 13.4. The zero-order chi connectivity index (χ0) is 13.3. The average molecular weight is 264 g/mol. The van der Waals surface area contributed by atoms with Crippen LogP contribution < -0.4 is 11.1 Å². The van der Waals surface area contributed by atoms with Gasteiger partial charge in [0.15, 0.2) is 9.84 Å². The Morgan fingerprint density at radius 3 is 2.53 bits per heavy atom. The van der Waals surface area contributed by atoms with Crippen LogP contribution >= 0.6 is 0 Å². The fourth-order valence-corrected chi connectivity index (χ4v) is 2.67. The number of rotatable bonds is 9. The zero-order valence-corrected chi connectivity index (χ0v) is 11.6. The standard InChI is InChI=1S/C11H24N2O3S/c1-3-7-13-11(14)9-17(15,16)8-5-4-6-10(2)12/h10H,3-9,12H2,1-2H3,(H,13,14). The van der Waals surface area contributed by atoms with Crippen molar-refractivity contribution in [2.45, 2.75) is 45.6 Å². The molecule has 0 aliphatic rings. The molecule has 0 aromatic rings. The van der Waals surface area contributed by atoms with Crippen molar-refractivity contribution in [2.75, 3.05) is 18.1 Å². The monoisotopic (exact) mass is 264 g/mol. The molecule has 17 heavy (non-hydrogen) atoms. The van der Waals surface area contributed by atoms with E-state index in [4.69, 9.17) is 5.73 Å². The van der Waals surface area contributed by atoms with Crippen molar-refractivity contribution in [3.8, 4) is 0 Å². The minimum absolute atomic E-state index is 0.0687. The van der Waals surface area contributed by atoms with E-state index in [1.807, 2.05) is 13.8 Å². The van der Waals surface area contributed by atoms with Crippen LogP contribution in [0.3, 0.4) is 0 Å². The molecule has 0 aliphatic carbocycles. The molecule has 6 heteroatoms. The van der Waals surface area contributed by atoms with E-state index in [2.05, 4.69) is 5.32 Å². The Labute approximate surface area is 104 Å². The maximum absolute atomic E-state index is 11.6. The molecule has 1 unspecified atom stereocenters. The Kier molecular flexibility index (Phi) is 8.16. The maximum Gasteiger partial charge on any atom is 0.235 e. The molecule has 0 fully saturated rings. The highest BCUT2D eigenvalue weighted by Crippen LogP contribution is 2.02. The van der Waals surface area contributed by atoms with E-state index in [1.54, 1.807) is 0 Å². The van der Waals surface area contributed by atoms with Crippen LogP contribution in [0.4, 0.5) is 0 Å². The highest BCUT2D eigenvalue weighted by atomic mass is 32.2. The molecule has 0 radical (unpaired) electrons. The third-order valence-corrected chi connectivity index (χ3v) is 3.90. The van der Waals surface area contributed by atoms with E-state index in [-0.39, 0.29) is 11.8 Å². The fraction of sp³-hybridized carbons (Fsp3) is 0.909. The van der Waals surface area contributed by atoms with E-state index in [0.717, 1.165) is 19.3 Å². The lowest BCUT2D eigenvalue weighted by Gasteiger charge is -2.06. The second kappa shape index (κ2) is 8.47. The van der Waals surface area contributed by atoms with Gasteiger partial charge in [0, 0.05) is 12.6 Å². The van der Waals surface area contributed by atoms with Gasteiger partial charge in [-0.3, -0.25) is 4.79 Å². The van der Waals surface area contributed by atoms with Crippen LogP contribution in [0.1, 0.15) is 39.5 Å². The van der Waals surface area contributed by atoms with E-state index in [0.29, 0.717) is 13.0 Å². The van der Waals surface area contributed by atoms with Crippen LogP contribution in [-0.4, -0.2) is 38.4 Å². The molecule has 0 rings (SSSR count). The van der Waals surface area contributed by atoms with Gasteiger partial charge in [-0.2, -0.15) is 0 Å². The summed E-state index contributed by atoms with van der Waals surface area (Å²) in [7, 11) is -3.26. The molecule has 0 aromatic carbocycles. The van der Waals surface area contributed by atoms with Crippen molar-refractivity contribution in [3.63, 3.8) is 0 Å². The quantitative estimate of drug-likeness (QED) is 0.592. The lowest BCUT2D eigenvalue weighted by Crippen LogP contribution is -2.31. The SMILES string of the molecule is CCCNC(=O)CS(=O)(=O)CCCCC(C)N. The summed E-state index contributed by atoms with van der Waals surface area (Å²) < 4.78 is 23.1. The average Bonchev–Trinajstić information content (AvgIpc) is 2.20. The topological polar surface area (TPSA) is 89.3 Å². The van der Waals surface area contributed by atoms with E-state index < -0.39 is 21.5 Å². The van der Waals surface area contributed by atoms with Crippen LogP contribution in [0.25, 0.3) is 0 Å². The third-order valence-electron chi connectivity index (χ3n) is 2.29. The number of carbonyl (C=O) groups excluding carboxylic acids is 1. The number of hydrogen-bond donors (Lipinski definition) is 2. The molecule has 0 spiro atoms. The fourth-order valence-electron chi connectivity index (χ4n) is 1.38. The van der Waals surface area contributed by atoms with Crippen LogP contribution in [0, 0.1) is 0 Å². The molecule has 5 nitrogen and oxygen atoms in total. The van der Waals surface area contributed by atoms with Crippen LogP contribution in [0.5, 0.6) is 0 Å². The second-order valence-corrected chi connectivity index (χ2v) is 6.60. The second-order valence-electron chi connectivity index (χ2n) is 4.42. The van der Waals surface area contributed by atoms with Crippen molar-refractivity contribution >= 4 is 15.7 Å². The van der Waals surface area contributed by atoms with E-state index in [9.17, 15) is 13.2 Å². The van der Waals surface area contributed by atoms with Crippen LogP contribution in [0.2, 0.25) is 0 Å². The van der Waals surface area contributed by atoms with Crippen molar-refractivity contribution < 1.29 is 13.2 Å². The highest BCUT2D eigenvalue weighted by molar-refractivity contribution is 7.92. The van der Waals surface area contributed by atoms with E-state index >= 15 is 0 Å². The largest absolute Gasteiger partial charge is 0.355 e. The van der Waals surface area contributed by atoms with Crippen LogP contribution in [0.15, 0.2) is 0 Å². The highest BCUT2D eigenvalue weighted by Gasteiger charge is 2.15. The van der Waals surface area contributed by atoms with Crippen molar-refractivity contribution in [2.24, 2.45) is 5.73 Å². The van der Waals surface area contributed by atoms with Gasteiger partial charge >= 0.3 is 0 Å². The molecule has 102 valence electrons. The first-order valence-electron chi connectivity index (χ1n) is 6.10. The first-order chi connectivity index (χ1) is 7.87. The van der Waals surface area contributed by atoms with Crippen molar-refractivity contribution in [1.82, 2.24) is 5.32 Å². The number of amides is 1. The number of hydrogen-bond acceptors (Lipinski definition) is 4. The minimum atomic E-state index is -3.26. The molecule has 1 amide bonds. The lowest BCUT2D eigenvalue weighted by molar-refractivity contribution is -0.118. The summed E-state index contributed by atoms with van der Waals surface area (Å²) in [5.74, 6) is -0.733. The number of carbonyl (C=O) groups is 1. The van der Waals surface area contributed by atoms with Gasteiger partial charge in [0.05, 0.1) is 5.75 Å². The van der Waals surface area contributed by atoms with Gasteiger partial charge in [-0.25, -0.2) is 8.42 Å². The Bertz CT molecular complexity index is 313. The smallest absolute Gasteiger partial charge is 0.235 e. The van der Waals surface area contributed by atoms with E-state index in [1.165, 1.54) is 0 Å². The first kappa shape index (κ1) is 16.4. The summed E-state index contributed by atoms with van der Waals surface area (Å²) >= 11 is 0. The van der Waals surface area contributed by atoms with Gasteiger partial charge in [-0.1, -0.05) is 13.3 Å². The molecule has 0 bridgehead atoms. The van der Waals surface area contributed by atoms with Gasteiger partial charge in [0.25, 0.3) is 0 Å². The summed E-state index contributed by atoms with van der Waals surface area (Å²) in [5, 5.41) is 2.56. The molecule has 0 aliphatic heterocycles. The Morgan fingerprint density at radius 1 is 1.35 bits per heavy atom. The number of unbranched alkanes of at least 4 members (excludes halogenated alkanes) is 1. The summed E-state index contributed by atoms with van der Waals surface area (Å²) in [6, 6.07) is 0.102. The van der Waals surface area contributed by atoms with Gasteiger partial charge in [0.2, 0.25) is 5.91 Å². The Morgan fingerprint density at radius 2 is 2.00 bits per heavy atom. The summed E-state index contributed by atoms with van der Waals surface area (Å²) in [6.45, 7) is 4.34. The summed E-state index contributed by atoms with van der Waals surface area (Å²) in [4.78, 5) is 11.2.